The maximum absolute atomic E-state index is 5.97. The van der Waals surface area contributed by atoms with Crippen molar-refractivity contribution in [2.75, 3.05) is 0 Å². The smallest absolute Gasteiger partial charge is 0.0500 e. The summed E-state index contributed by atoms with van der Waals surface area (Å²) in [7, 11) is 0. The van der Waals surface area contributed by atoms with Gasteiger partial charge in [-0.1, -0.05) is 38.2 Å². The number of rotatable bonds is 0. The van der Waals surface area contributed by atoms with E-state index in [0.29, 0.717) is 0 Å². The zero-order chi connectivity index (χ0) is 10.1. The fourth-order valence-corrected chi connectivity index (χ4v) is 1.25. The Morgan fingerprint density at radius 3 is 2.31 bits per heavy atom. The Morgan fingerprint density at radius 1 is 1.08 bits per heavy atom. The summed E-state index contributed by atoms with van der Waals surface area (Å²) < 4.78 is 0. The van der Waals surface area contributed by atoms with E-state index >= 15 is 0 Å². The predicted molar refractivity (Wildman–Crippen MR) is 56.9 cm³/mol. The fourth-order valence-electron chi connectivity index (χ4n) is 1.25. The molecule has 0 heterocycles. The standard InChI is InChI=1S/C11H18N2/c1-10(2)6-7-11(3,13)5-4-9(12)8-10/h4-8H,12-13H2,1-3H3/b5-4-,7-6-,9-8+. The Bertz CT molecular complexity index is 280. The summed E-state index contributed by atoms with van der Waals surface area (Å²) >= 11 is 0. The Kier molecular flexibility index (Phi) is 2.35. The molecule has 0 fully saturated rings. The lowest BCUT2D eigenvalue weighted by atomic mass is 9.87. The second-order valence-electron chi connectivity index (χ2n) is 4.50. The van der Waals surface area contributed by atoms with Crippen molar-refractivity contribution >= 4 is 0 Å². The van der Waals surface area contributed by atoms with E-state index < -0.39 is 5.54 Å². The Balaban J connectivity index is 3.10. The van der Waals surface area contributed by atoms with Crippen LogP contribution in [0.3, 0.4) is 0 Å². The van der Waals surface area contributed by atoms with Crippen molar-refractivity contribution in [1.82, 2.24) is 0 Å². The highest BCUT2D eigenvalue weighted by atomic mass is 14.7. The van der Waals surface area contributed by atoms with Gasteiger partial charge in [0.25, 0.3) is 0 Å². The number of allylic oxidation sites excluding steroid dienone is 3. The van der Waals surface area contributed by atoms with Crippen LogP contribution in [0.5, 0.6) is 0 Å². The minimum Gasteiger partial charge on any atom is -0.399 e. The largest absolute Gasteiger partial charge is 0.399 e. The third-order valence-electron chi connectivity index (χ3n) is 2.05. The summed E-state index contributed by atoms with van der Waals surface area (Å²) in [6.45, 7) is 6.16. The van der Waals surface area contributed by atoms with E-state index in [0.717, 1.165) is 5.70 Å². The van der Waals surface area contributed by atoms with Gasteiger partial charge in [-0.25, -0.2) is 0 Å². The van der Waals surface area contributed by atoms with E-state index in [4.69, 9.17) is 11.5 Å². The molecule has 0 aromatic rings. The maximum Gasteiger partial charge on any atom is 0.0500 e. The van der Waals surface area contributed by atoms with Crippen molar-refractivity contribution in [3.05, 3.63) is 36.1 Å². The molecule has 1 aliphatic carbocycles. The summed E-state index contributed by atoms with van der Waals surface area (Å²) in [4.78, 5) is 0. The van der Waals surface area contributed by atoms with Gasteiger partial charge < -0.3 is 11.5 Å². The summed E-state index contributed by atoms with van der Waals surface area (Å²) in [5.41, 5.74) is 12.1. The molecule has 2 nitrogen and oxygen atoms in total. The second kappa shape index (κ2) is 3.04. The van der Waals surface area contributed by atoms with Crippen molar-refractivity contribution < 1.29 is 0 Å². The van der Waals surface area contributed by atoms with Gasteiger partial charge in [0.1, 0.15) is 0 Å². The van der Waals surface area contributed by atoms with Crippen LogP contribution in [-0.2, 0) is 0 Å². The average Bonchev–Trinajstić information content (AvgIpc) is 1.96. The van der Waals surface area contributed by atoms with Crippen LogP contribution < -0.4 is 11.5 Å². The minimum absolute atomic E-state index is 0.0184. The van der Waals surface area contributed by atoms with E-state index in [2.05, 4.69) is 19.9 Å². The molecule has 1 atom stereocenters. The van der Waals surface area contributed by atoms with E-state index in [1.807, 2.05) is 31.2 Å². The van der Waals surface area contributed by atoms with Gasteiger partial charge in [0.15, 0.2) is 0 Å². The van der Waals surface area contributed by atoms with Crippen LogP contribution >= 0.6 is 0 Å². The summed E-state index contributed by atoms with van der Waals surface area (Å²) in [6, 6.07) is 0. The van der Waals surface area contributed by atoms with Crippen LogP contribution in [0.1, 0.15) is 20.8 Å². The molecule has 0 bridgehead atoms. The third-order valence-corrected chi connectivity index (χ3v) is 2.05. The van der Waals surface area contributed by atoms with Crippen LogP contribution in [0, 0.1) is 5.41 Å². The lowest BCUT2D eigenvalue weighted by Crippen LogP contribution is -2.32. The highest BCUT2D eigenvalue weighted by Crippen LogP contribution is 2.24. The van der Waals surface area contributed by atoms with Crippen LogP contribution in [0.25, 0.3) is 0 Å². The van der Waals surface area contributed by atoms with Crippen molar-refractivity contribution in [3.8, 4) is 0 Å². The van der Waals surface area contributed by atoms with Crippen molar-refractivity contribution in [2.24, 2.45) is 16.9 Å². The molecule has 4 N–H and O–H groups in total. The molecule has 0 aromatic heterocycles. The van der Waals surface area contributed by atoms with Gasteiger partial charge in [0, 0.05) is 16.7 Å². The number of hydrogen-bond acceptors (Lipinski definition) is 2. The first-order chi connectivity index (χ1) is 5.81. The molecular weight excluding hydrogens is 160 g/mol. The Morgan fingerprint density at radius 2 is 1.69 bits per heavy atom. The normalized spacial score (nSPS) is 41.1. The number of hydrogen-bond donors (Lipinski definition) is 2. The first kappa shape index (κ1) is 10.1. The first-order valence-electron chi connectivity index (χ1n) is 4.48. The van der Waals surface area contributed by atoms with Gasteiger partial charge in [0.05, 0.1) is 0 Å². The lowest BCUT2D eigenvalue weighted by Gasteiger charge is -2.23. The molecule has 0 aliphatic heterocycles. The van der Waals surface area contributed by atoms with Crippen molar-refractivity contribution in [3.63, 3.8) is 0 Å². The highest BCUT2D eigenvalue weighted by molar-refractivity contribution is 5.30. The summed E-state index contributed by atoms with van der Waals surface area (Å²) in [5.74, 6) is 0. The molecule has 0 saturated carbocycles. The van der Waals surface area contributed by atoms with Crippen LogP contribution in [-0.4, -0.2) is 5.54 Å². The van der Waals surface area contributed by atoms with Crippen molar-refractivity contribution in [2.45, 2.75) is 26.3 Å². The molecule has 2 heteroatoms. The van der Waals surface area contributed by atoms with E-state index in [1.54, 1.807) is 0 Å². The molecule has 1 rings (SSSR count). The molecule has 0 spiro atoms. The summed E-state index contributed by atoms with van der Waals surface area (Å²) in [6.07, 6.45) is 9.89. The minimum atomic E-state index is -0.393. The van der Waals surface area contributed by atoms with Gasteiger partial charge in [-0.15, -0.1) is 0 Å². The third kappa shape index (κ3) is 3.07. The maximum atomic E-state index is 5.97. The van der Waals surface area contributed by atoms with Crippen LogP contribution in [0.4, 0.5) is 0 Å². The van der Waals surface area contributed by atoms with Crippen LogP contribution in [0.15, 0.2) is 36.1 Å². The average molecular weight is 178 g/mol. The lowest BCUT2D eigenvalue weighted by molar-refractivity contribution is 0.603. The Labute approximate surface area is 80.0 Å². The molecule has 0 amide bonds. The van der Waals surface area contributed by atoms with E-state index in [1.165, 1.54) is 0 Å². The molecule has 13 heavy (non-hydrogen) atoms. The zero-order valence-corrected chi connectivity index (χ0v) is 8.54. The first-order valence-corrected chi connectivity index (χ1v) is 4.48. The van der Waals surface area contributed by atoms with E-state index in [-0.39, 0.29) is 5.41 Å². The molecule has 72 valence electrons. The van der Waals surface area contributed by atoms with Crippen LogP contribution in [0.2, 0.25) is 0 Å². The van der Waals surface area contributed by atoms with Gasteiger partial charge in [-0.3, -0.25) is 0 Å². The molecule has 1 unspecified atom stereocenters. The van der Waals surface area contributed by atoms with E-state index in [9.17, 15) is 0 Å². The van der Waals surface area contributed by atoms with Gasteiger partial charge >= 0.3 is 0 Å². The highest BCUT2D eigenvalue weighted by Gasteiger charge is 2.17. The molecule has 0 aromatic carbocycles. The quantitative estimate of drug-likeness (QED) is 0.555. The molecular formula is C11H18N2. The van der Waals surface area contributed by atoms with Gasteiger partial charge in [-0.2, -0.15) is 0 Å². The van der Waals surface area contributed by atoms with Gasteiger partial charge in [-0.05, 0) is 13.0 Å². The fraction of sp³-hybridized carbons (Fsp3) is 0.455. The SMILES string of the molecule is CC1(N)/C=C\C(N)=C/C(C)(C)/C=C\1. The molecule has 1 aliphatic rings. The topological polar surface area (TPSA) is 52.0 Å². The molecule has 0 radical (unpaired) electrons. The number of nitrogens with two attached hydrogens (primary N) is 2. The zero-order valence-electron chi connectivity index (χ0n) is 8.54. The monoisotopic (exact) mass is 178 g/mol. The summed E-state index contributed by atoms with van der Waals surface area (Å²) in [5, 5.41) is 0. The Hall–Kier alpha value is -1.02. The van der Waals surface area contributed by atoms with Gasteiger partial charge in [0.2, 0.25) is 0 Å². The predicted octanol–water partition coefficient (Wildman–Crippen LogP) is 1.70. The second-order valence-corrected chi connectivity index (χ2v) is 4.50. The van der Waals surface area contributed by atoms with Crippen molar-refractivity contribution in [1.29, 1.82) is 0 Å². The molecule has 0 saturated heterocycles.